The second-order valence-corrected chi connectivity index (χ2v) is 12.5. The zero-order valence-electron chi connectivity index (χ0n) is 20.6. The van der Waals surface area contributed by atoms with Gasteiger partial charge in [0.1, 0.15) is 11.6 Å². The molecule has 0 bridgehead atoms. The molecule has 36 heavy (non-hydrogen) atoms. The lowest BCUT2D eigenvalue weighted by molar-refractivity contribution is -0.120. The Kier molecular flexibility index (Phi) is 8.76. The summed E-state index contributed by atoms with van der Waals surface area (Å²) < 4.78 is 31.9. The second-order valence-electron chi connectivity index (χ2n) is 9.56. The number of hydrogen-bond acceptors (Lipinski definition) is 8. The van der Waals surface area contributed by atoms with Crippen molar-refractivity contribution in [3.05, 3.63) is 29.7 Å². The molecule has 0 radical (unpaired) electrons. The molecule has 1 amide bonds. The summed E-state index contributed by atoms with van der Waals surface area (Å²) in [7, 11) is -3.41. The summed E-state index contributed by atoms with van der Waals surface area (Å²) in [6.45, 7) is 6.26. The molecule has 12 heteroatoms. The standard InChI is InChI=1S/C24H33ClN6O4S/c1-16(2)36(33,34)31-7-3-4-18(15-31)24(32)30-22-10-19(20(25)12-28-22)21-13-26-14-23(29-21)27-11-17-5-8-35-9-6-17/h10,12-14,16-18H,3-9,11,15H2,1-2H3,(H,27,29)(H,28,30,32). The van der Waals surface area contributed by atoms with Crippen LogP contribution in [-0.4, -0.2) is 71.7 Å². The normalized spacial score (nSPS) is 19.8. The monoisotopic (exact) mass is 536 g/mol. The van der Waals surface area contributed by atoms with Crippen LogP contribution < -0.4 is 10.6 Å². The Labute approximate surface area is 217 Å². The zero-order valence-corrected chi connectivity index (χ0v) is 22.2. The molecular weight excluding hydrogens is 504 g/mol. The number of carbonyl (C=O) groups excluding carboxylic acids is 1. The van der Waals surface area contributed by atoms with Crippen LogP contribution in [-0.2, 0) is 19.6 Å². The highest BCUT2D eigenvalue weighted by Crippen LogP contribution is 2.29. The summed E-state index contributed by atoms with van der Waals surface area (Å²) in [5.74, 6) is 0.779. The van der Waals surface area contributed by atoms with Crippen LogP contribution in [0.15, 0.2) is 24.7 Å². The first kappa shape index (κ1) is 26.7. The Bertz CT molecular complexity index is 1170. The number of sulfonamides is 1. The van der Waals surface area contributed by atoms with E-state index >= 15 is 0 Å². The van der Waals surface area contributed by atoms with Gasteiger partial charge in [0, 0.05) is 44.6 Å². The molecule has 196 valence electrons. The number of nitrogens with zero attached hydrogens (tertiary/aromatic N) is 4. The maximum Gasteiger partial charge on any atom is 0.229 e. The molecule has 1 atom stereocenters. The third-order valence-corrected chi connectivity index (χ3v) is 9.18. The highest BCUT2D eigenvalue weighted by molar-refractivity contribution is 7.89. The first-order valence-electron chi connectivity index (χ1n) is 12.3. The Morgan fingerprint density at radius 1 is 1.19 bits per heavy atom. The number of carbonyl (C=O) groups is 1. The van der Waals surface area contributed by atoms with E-state index in [0.717, 1.165) is 32.6 Å². The fourth-order valence-electron chi connectivity index (χ4n) is 4.40. The zero-order chi connectivity index (χ0) is 25.7. The predicted molar refractivity (Wildman–Crippen MR) is 139 cm³/mol. The summed E-state index contributed by atoms with van der Waals surface area (Å²) in [5.41, 5.74) is 1.15. The molecule has 0 aromatic carbocycles. The van der Waals surface area contributed by atoms with Crippen LogP contribution in [0, 0.1) is 11.8 Å². The van der Waals surface area contributed by atoms with Crippen molar-refractivity contribution in [1.82, 2.24) is 19.3 Å². The average molecular weight is 537 g/mol. The number of hydrogen-bond donors (Lipinski definition) is 2. The van der Waals surface area contributed by atoms with Crippen LogP contribution >= 0.6 is 11.6 Å². The third-order valence-electron chi connectivity index (χ3n) is 6.64. The van der Waals surface area contributed by atoms with Crippen molar-refractivity contribution in [3.8, 4) is 11.3 Å². The van der Waals surface area contributed by atoms with Gasteiger partial charge in [0.2, 0.25) is 15.9 Å². The van der Waals surface area contributed by atoms with Gasteiger partial charge in [-0.1, -0.05) is 11.6 Å². The van der Waals surface area contributed by atoms with E-state index in [9.17, 15) is 13.2 Å². The Balaban J connectivity index is 1.44. The summed E-state index contributed by atoms with van der Waals surface area (Å²) >= 11 is 6.42. The molecule has 0 spiro atoms. The number of anilines is 2. The molecule has 2 saturated heterocycles. The maximum atomic E-state index is 13.0. The Morgan fingerprint density at radius 2 is 1.97 bits per heavy atom. The number of aromatic nitrogens is 3. The van der Waals surface area contributed by atoms with Gasteiger partial charge in [-0.05, 0) is 51.5 Å². The number of pyridine rings is 1. The van der Waals surface area contributed by atoms with Crippen LogP contribution in [0.5, 0.6) is 0 Å². The maximum absolute atomic E-state index is 13.0. The van der Waals surface area contributed by atoms with Gasteiger partial charge in [-0.2, -0.15) is 0 Å². The number of piperidine rings is 1. The van der Waals surface area contributed by atoms with Crippen molar-refractivity contribution >= 4 is 39.2 Å². The number of ether oxygens (including phenoxy) is 1. The Morgan fingerprint density at radius 3 is 2.72 bits per heavy atom. The fourth-order valence-corrected chi connectivity index (χ4v) is 5.97. The van der Waals surface area contributed by atoms with Crippen LogP contribution in [0.4, 0.5) is 11.6 Å². The smallest absolute Gasteiger partial charge is 0.229 e. The van der Waals surface area contributed by atoms with Crippen molar-refractivity contribution in [2.24, 2.45) is 11.8 Å². The van der Waals surface area contributed by atoms with E-state index in [2.05, 4.69) is 25.6 Å². The largest absolute Gasteiger partial charge is 0.381 e. The van der Waals surface area contributed by atoms with Crippen molar-refractivity contribution < 1.29 is 17.9 Å². The van der Waals surface area contributed by atoms with Crippen LogP contribution in [0.25, 0.3) is 11.3 Å². The minimum Gasteiger partial charge on any atom is -0.381 e. The number of rotatable bonds is 8. The number of halogens is 1. The van der Waals surface area contributed by atoms with E-state index in [4.69, 9.17) is 16.3 Å². The lowest BCUT2D eigenvalue weighted by atomic mass is 9.99. The van der Waals surface area contributed by atoms with E-state index < -0.39 is 21.2 Å². The molecule has 4 heterocycles. The third kappa shape index (κ3) is 6.50. The van der Waals surface area contributed by atoms with E-state index in [1.54, 1.807) is 32.3 Å². The Hall–Kier alpha value is -2.34. The molecule has 2 aliphatic rings. The molecule has 2 fully saturated rings. The summed E-state index contributed by atoms with van der Waals surface area (Å²) in [6, 6.07) is 1.66. The minimum absolute atomic E-state index is 0.166. The van der Waals surface area contributed by atoms with Gasteiger partial charge >= 0.3 is 0 Å². The molecular formula is C24H33ClN6O4S. The van der Waals surface area contributed by atoms with E-state index in [1.165, 1.54) is 10.5 Å². The summed E-state index contributed by atoms with van der Waals surface area (Å²) in [6.07, 6.45) is 8.02. The molecule has 2 aromatic heterocycles. The van der Waals surface area contributed by atoms with E-state index in [-0.39, 0.29) is 12.5 Å². The van der Waals surface area contributed by atoms with Gasteiger partial charge in [0.25, 0.3) is 0 Å². The minimum atomic E-state index is -3.41. The first-order chi connectivity index (χ1) is 17.2. The second kappa shape index (κ2) is 11.8. The first-order valence-corrected chi connectivity index (χ1v) is 14.2. The molecule has 0 aliphatic carbocycles. The lowest BCUT2D eigenvalue weighted by Crippen LogP contribution is -2.46. The molecule has 0 saturated carbocycles. The van der Waals surface area contributed by atoms with E-state index in [0.29, 0.717) is 53.2 Å². The van der Waals surface area contributed by atoms with Gasteiger partial charge in [0.05, 0.1) is 34.3 Å². The summed E-state index contributed by atoms with van der Waals surface area (Å²) in [4.78, 5) is 26.2. The highest BCUT2D eigenvalue weighted by atomic mass is 35.5. The van der Waals surface area contributed by atoms with Crippen molar-refractivity contribution in [1.29, 1.82) is 0 Å². The molecule has 2 N–H and O–H groups in total. The quantitative estimate of drug-likeness (QED) is 0.525. The number of nitrogens with one attached hydrogen (secondary N) is 2. The molecule has 1 unspecified atom stereocenters. The lowest BCUT2D eigenvalue weighted by Gasteiger charge is -2.32. The van der Waals surface area contributed by atoms with Gasteiger partial charge in [-0.15, -0.1) is 0 Å². The molecule has 4 rings (SSSR count). The van der Waals surface area contributed by atoms with Gasteiger partial charge < -0.3 is 15.4 Å². The SMILES string of the molecule is CC(C)S(=O)(=O)N1CCCC(C(=O)Nc2cc(-c3cncc(NCC4CCOCC4)n3)c(Cl)cn2)C1. The van der Waals surface area contributed by atoms with Gasteiger partial charge in [0.15, 0.2) is 0 Å². The summed E-state index contributed by atoms with van der Waals surface area (Å²) in [5, 5.41) is 6.03. The topological polar surface area (TPSA) is 126 Å². The number of amides is 1. The average Bonchev–Trinajstić information content (AvgIpc) is 2.89. The predicted octanol–water partition coefficient (Wildman–Crippen LogP) is 3.42. The van der Waals surface area contributed by atoms with Crippen LogP contribution in [0.2, 0.25) is 5.02 Å². The van der Waals surface area contributed by atoms with Crippen molar-refractivity contribution in [2.45, 2.75) is 44.8 Å². The van der Waals surface area contributed by atoms with Gasteiger partial charge in [-0.3, -0.25) is 9.78 Å². The van der Waals surface area contributed by atoms with Crippen LogP contribution in [0.1, 0.15) is 39.5 Å². The van der Waals surface area contributed by atoms with Crippen molar-refractivity contribution in [3.63, 3.8) is 0 Å². The van der Waals surface area contributed by atoms with Crippen LogP contribution in [0.3, 0.4) is 0 Å². The highest BCUT2D eigenvalue weighted by Gasteiger charge is 2.34. The van der Waals surface area contributed by atoms with Crippen molar-refractivity contribution in [2.75, 3.05) is 43.5 Å². The fraction of sp³-hybridized carbons (Fsp3) is 0.583. The molecule has 10 nitrogen and oxygen atoms in total. The van der Waals surface area contributed by atoms with Gasteiger partial charge in [-0.25, -0.2) is 22.7 Å². The molecule has 2 aromatic rings. The molecule has 2 aliphatic heterocycles. The van der Waals surface area contributed by atoms with E-state index in [1.807, 2.05) is 0 Å².